The van der Waals surface area contributed by atoms with Crippen LogP contribution in [0.3, 0.4) is 0 Å². The fourth-order valence-corrected chi connectivity index (χ4v) is 5.92. The van der Waals surface area contributed by atoms with Crippen LogP contribution in [-0.4, -0.2) is 83.3 Å². The molecule has 0 bridgehead atoms. The number of aliphatic hydroxyl groups excluding tert-OH is 2. The Labute approximate surface area is 202 Å². The first-order valence-electron chi connectivity index (χ1n) is 13.0. The normalized spacial score (nSPS) is 40.2. The lowest BCUT2D eigenvalue weighted by Gasteiger charge is -2.49. The van der Waals surface area contributed by atoms with Crippen molar-refractivity contribution in [1.82, 2.24) is 0 Å². The summed E-state index contributed by atoms with van der Waals surface area (Å²) in [5, 5.41) is 32.2. The number of hydrogen-bond acceptors (Lipinski definition) is 8. The average Bonchev–Trinajstić information content (AvgIpc) is 3.43. The molecule has 0 aromatic rings. The van der Waals surface area contributed by atoms with Crippen LogP contribution in [0.5, 0.6) is 0 Å². The number of ether oxygens (including phenoxy) is 4. The van der Waals surface area contributed by atoms with Gasteiger partial charge in [-0.25, -0.2) is 0 Å². The second-order valence-corrected chi connectivity index (χ2v) is 11.0. The SMILES string of the molecule is C=C1COC(CCC2(O)CCC2C(O)OC2CCC(CC(=O)CC3CCOC3)OC2C(C)O)C1. The molecule has 0 amide bonds. The van der Waals surface area contributed by atoms with Crippen molar-refractivity contribution in [2.45, 2.75) is 114 Å². The fourth-order valence-electron chi connectivity index (χ4n) is 5.92. The van der Waals surface area contributed by atoms with E-state index in [1.165, 1.54) is 0 Å². The predicted octanol–water partition coefficient (Wildman–Crippen LogP) is 2.27. The minimum absolute atomic E-state index is 0.0861. The van der Waals surface area contributed by atoms with Crippen molar-refractivity contribution in [3.8, 4) is 0 Å². The van der Waals surface area contributed by atoms with E-state index in [0.717, 1.165) is 31.4 Å². The largest absolute Gasteiger partial charge is 0.391 e. The van der Waals surface area contributed by atoms with E-state index in [9.17, 15) is 20.1 Å². The molecule has 8 nitrogen and oxygen atoms in total. The molecule has 194 valence electrons. The van der Waals surface area contributed by atoms with Crippen molar-refractivity contribution in [3.05, 3.63) is 12.2 Å². The van der Waals surface area contributed by atoms with E-state index in [1.807, 2.05) is 0 Å². The van der Waals surface area contributed by atoms with Gasteiger partial charge in [-0.05, 0) is 69.8 Å². The van der Waals surface area contributed by atoms with Crippen LogP contribution in [0.4, 0.5) is 0 Å². The Morgan fingerprint density at radius 3 is 2.65 bits per heavy atom. The molecular weight excluding hydrogens is 440 g/mol. The molecule has 4 aliphatic rings. The summed E-state index contributed by atoms with van der Waals surface area (Å²) < 4.78 is 23.1. The van der Waals surface area contributed by atoms with Gasteiger partial charge in [0.15, 0.2) is 6.29 Å². The second kappa shape index (κ2) is 11.5. The van der Waals surface area contributed by atoms with Gasteiger partial charge in [-0.1, -0.05) is 6.58 Å². The zero-order valence-corrected chi connectivity index (χ0v) is 20.4. The molecule has 0 radical (unpaired) electrons. The molecule has 9 atom stereocenters. The molecule has 1 aliphatic carbocycles. The molecule has 8 heteroatoms. The molecule has 3 aliphatic heterocycles. The molecule has 3 saturated heterocycles. The Kier molecular flexibility index (Phi) is 8.83. The Morgan fingerprint density at radius 2 is 2.03 bits per heavy atom. The maximum absolute atomic E-state index is 12.5. The van der Waals surface area contributed by atoms with E-state index in [2.05, 4.69) is 6.58 Å². The average molecular weight is 483 g/mol. The first-order chi connectivity index (χ1) is 16.2. The Balaban J connectivity index is 1.25. The quantitative estimate of drug-likeness (QED) is 0.304. The van der Waals surface area contributed by atoms with E-state index >= 15 is 0 Å². The number of rotatable bonds is 11. The monoisotopic (exact) mass is 482 g/mol. The molecule has 0 aromatic heterocycles. The predicted molar refractivity (Wildman–Crippen MR) is 124 cm³/mol. The van der Waals surface area contributed by atoms with Crippen LogP contribution in [0.2, 0.25) is 0 Å². The first kappa shape index (κ1) is 26.2. The molecule has 0 aromatic carbocycles. The van der Waals surface area contributed by atoms with Crippen LogP contribution in [0.15, 0.2) is 12.2 Å². The summed E-state index contributed by atoms with van der Waals surface area (Å²) in [4.78, 5) is 12.5. The van der Waals surface area contributed by atoms with Gasteiger partial charge >= 0.3 is 0 Å². The first-order valence-corrected chi connectivity index (χ1v) is 13.0. The van der Waals surface area contributed by atoms with Crippen molar-refractivity contribution < 1.29 is 39.1 Å². The number of ketones is 1. The number of hydrogen-bond donors (Lipinski definition) is 3. The summed E-state index contributed by atoms with van der Waals surface area (Å²) in [6, 6.07) is 0. The van der Waals surface area contributed by atoms with E-state index in [1.54, 1.807) is 6.92 Å². The lowest BCUT2D eigenvalue weighted by molar-refractivity contribution is -0.274. The van der Waals surface area contributed by atoms with Crippen LogP contribution in [0.1, 0.15) is 71.1 Å². The zero-order chi connectivity index (χ0) is 24.3. The van der Waals surface area contributed by atoms with Gasteiger partial charge in [0.25, 0.3) is 0 Å². The van der Waals surface area contributed by atoms with Gasteiger partial charge in [-0.15, -0.1) is 0 Å². The lowest BCUT2D eigenvalue weighted by Crippen LogP contribution is -2.56. The van der Waals surface area contributed by atoms with Crippen molar-refractivity contribution in [2.24, 2.45) is 11.8 Å². The second-order valence-electron chi connectivity index (χ2n) is 11.0. The molecule has 3 N–H and O–H groups in total. The van der Waals surface area contributed by atoms with Gasteiger partial charge in [0.05, 0.1) is 36.6 Å². The van der Waals surface area contributed by atoms with Crippen LogP contribution in [0.25, 0.3) is 0 Å². The summed E-state index contributed by atoms with van der Waals surface area (Å²) in [5.41, 5.74) is 0.112. The number of Topliss-reactive ketones (excluding diaryl/α,β-unsaturated/α-hetero) is 1. The smallest absolute Gasteiger partial charge is 0.160 e. The van der Waals surface area contributed by atoms with Gasteiger partial charge in [0, 0.05) is 32.0 Å². The maximum atomic E-state index is 12.5. The van der Waals surface area contributed by atoms with Crippen LogP contribution >= 0.6 is 0 Å². The van der Waals surface area contributed by atoms with Crippen molar-refractivity contribution in [2.75, 3.05) is 19.8 Å². The molecule has 4 fully saturated rings. The summed E-state index contributed by atoms with van der Waals surface area (Å²) in [7, 11) is 0. The third-order valence-electron chi connectivity index (χ3n) is 8.14. The molecule has 3 heterocycles. The highest BCUT2D eigenvalue weighted by Crippen LogP contribution is 2.46. The Bertz CT molecular complexity index is 705. The summed E-state index contributed by atoms with van der Waals surface area (Å²) in [6.45, 7) is 7.56. The standard InChI is InChI=1S/C26H42O8/c1-16-11-20(32-14-16)5-8-26(30)9-6-22(26)25(29)34-23-4-3-21(33-24(23)17(2)27)13-19(28)12-18-7-10-31-15-18/h17-18,20-25,27,29-30H,1,3-15H2,2H3. The number of aliphatic hydroxyl groups is 3. The van der Waals surface area contributed by atoms with E-state index < -0.39 is 30.2 Å². The molecule has 9 unspecified atom stereocenters. The highest BCUT2D eigenvalue weighted by atomic mass is 16.6. The van der Waals surface area contributed by atoms with E-state index in [0.29, 0.717) is 64.1 Å². The lowest BCUT2D eigenvalue weighted by atomic mass is 9.66. The summed E-state index contributed by atoms with van der Waals surface area (Å²) in [5.74, 6) is 0.0911. The van der Waals surface area contributed by atoms with Crippen molar-refractivity contribution >= 4 is 5.78 Å². The van der Waals surface area contributed by atoms with Gasteiger partial charge in [-0.2, -0.15) is 0 Å². The van der Waals surface area contributed by atoms with Gasteiger partial charge in [0.1, 0.15) is 11.9 Å². The van der Waals surface area contributed by atoms with Crippen LogP contribution in [-0.2, 0) is 23.7 Å². The van der Waals surface area contributed by atoms with Crippen LogP contribution < -0.4 is 0 Å². The molecule has 34 heavy (non-hydrogen) atoms. The third kappa shape index (κ3) is 6.46. The van der Waals surface area contributed by atoms with Gasteiger partial charge in [0.2, 0.25) is 0 Å². The van der Waals surface area contributed by atoms with Crippen LogP contribution in [0, 0.1) is 11.8 Å². The van der Waals surface area contributed by atoms with Crippen molar-refractivity contribution in [1.29, 1.82) is 0 Å². The highest BCUT2D eigenvalue weighted by Gasteiger charge is 2.50. The zero-order valence-electron chi connectivity index (χ0n) is 20.4. The maximum Gasteiger partial charge on any atom is 0.160 e. The Hall–Kier alpha value is -0.870. The van der Waals surface area contributed by atoms with Gasteiger partial charge in [-0.3, -0.25) is 4.79 Å². The summed E-state index contributed by atoms with van der Waals surface area (Å²) >= 11 is 0. The number of carbonyl (C=O) groups is 1. The van der Waals surface area contributed by atoms with Crippen molar-refractivity contribution in [3.63, 3.8) is 0 Å². The fraction of sp³-hybridized carbons (Fsp3) is 0.885. The van der Waals surface area contributed by atoms with E-state index in [4.69, 9.17) is 18.9 Å². The van der Waals surface area contributed by atoms with E-state index in [-0.39, 0.29) is 23.9 Å². The third-order valence-corrected chi connectivity index (χ3v) is 8.14. The molecule has 1 saturated carbocycles. The Morgan fingerprint density at radius 1 is 1.21 bits per heavy atom. The molecular formula is C26H42O8. The molecule has 0 spiro atoms. The minimum atomic E-state index is -1.13. The minimum Gasteiger partial charge on any atom is -0.391 e. The molecule has 4 rings (SSSR count). The topological polar surface area (TPSA) is 115 Å². The summed E-state index contributed by atoms with van der Waals surface area (Å²) in [6.07, 6.45) is 3.18. The number of carbonyl (C=O) groups excluding carboxylic acids is 1. The highest BCUT2D eigenvalue weighted by molar-refractivity contribution is 5.79. The van der Waals surface area contributed by atoms with Gasteiger partial charge < -0.3 is 34.3 Å².